The molecule has 0 spiro atoms. The van der Waals surface area contributed by atoms with E-state index < -0.39 is 11.7 Å². The third-order valence-electron chi connectivity index (χ3n) is 2.84. The lowest BCUT2D eigenvalue weighted by Crippen LogP contribution is -2.30. The average molecular weight is 315 g/mol. The summed E-state index contributed by atoms with van der Waals surface area (Å²) in [4.78, 5) is 0. The first kappa shape index (κ1) is 13.4. The van der Waals surface area contributed by atoms with Gasteiger partial charge >= 0.3 is 0 Å². The van der Waals surface area contributed by atoms with Crippen LogP contribution in [0.3, 0.4) is 0 Å². The summed E-state index contributed by atoms with van der Waals surface area (Å²) in [7, 11) is 0. The number of alkyl halides is 1. The number of benzene rings is 1. The van der Waals surface area contributed by atoms with Gasteiger partial charge in [0.05, 0.1) is 4.48 Å². The van der Waals surface area contributed by atoms with Crippen molar-refractivity contribution < 1.29 is 13.9 Å². The lowest BCUT2D eigenvalue weighted by molar-refractivity contribution is 0.0110. The molecule has 1 unspecified atom stereocenters. The van der Waals surface area contributed by atoms with Gasteiger partial charge in [-0.25, -0.2) is 8.78 Å². The third-order valence-corrected chi connectivity index (χ3v) is 3.60. The van der Waals surface area contributed by atoms with Gasteiger partial charge in [-0.2, -0.15) is 0 Å². The van der Waals surface area contributed by atoms with Crippen LogP contribution in [0.4, 0.5) is 8.78 Å². The van der Waals surface area contributed by atoms with Crippen molar-refractivity contribution in [1.82, 2.24) is 0 Å². The Hall–Kier alpha value is -1.00. The summed E-state index contributed by atoms with van der Waals surface area (Å²) in [6, 6.07) is 5.39. The Morgan fingerprint density at radius 2 is 1.67 bits per heavy atom. The zero-order valence-corrected chi connectivity index (χ0v) is 11.6. The molecule has 1 aliphatic rings. The fraction of sp³-hybridized carbons (Fsp3) is 0.286. The van der Waals surface area contributed by atoms with E-state index in [1.54, 1.807) is 12.2 Å². The second-order valence-corrected chi connectivity index (χ2v) is 5.85. The van der Waals surface area contributed by atoms with E-state index in [9.17, 15) is 13.9 Å². The SMILES string of the molecule is CC1(C)C=C(Br)C(O)(F)C(c2ccc(F)cc2)=C1. The number of hydrogen-bond donors (Lipinski definition) is 1. The minimum atomic E-state index is -2.58. The van der Waals surface area contributed by atoms with Gasteiger partial charge in [-0.3, -0.25) is 0 Å². The molecule has 1 aromatic carbocycles. The zero-order chi connectivity index (χ0) is 13.6. The summed E-state index contributed by atoms with van der Waals surface area (Å²) >= 11 is 3.06. The second kappa shape index (κ2) is 4.28. The summed E-state index contributed by atoms with van der Waals surface area (Å²) < 4.78 is 27.3. The maximum Gasteiger partial charge on any atom is 0.265 e. The molecule has 0 fully saturated rings. The van der Waals surface area contributed by atoms with Crippen LogP contribution in [0.1, 0.15) is 19.4 Å². The standard InChI is InChI=1S/C14H13BrF2O/c1-13(2)7-11(14(17,18)12(15)8-13)9-3-5-10(16)6-4-9/h3-8,18H,1-2H3. The average Bonchev–Trinajstić information content (AvgIpc) is 2.25. The first-order valence-corrected chi connectivity index (χ1v) is 6.31. The minimum Gasteiger partial charge on any atom is -0.354 e. The highest BCUT2D eigenvalue weighted by molar-refractivity contribution is 9.11. The lowest BCUT2D eigenvalue weighted by Gasteiger charge is -2.32. The Bertz CT molecular complexity index is 527. The molecular weight excluding hydrogens is 302 g/mol. The van der Waals surface area contributed by atoms with Crippen LogP contribution in [-0.2, 0) is 0 Å². The normalized spacial score (nSPS) is 26.6. The molecule has 0 radical (unpaired) electrons. The van der Waals surface area contributed by atoms with Crippen LogP contribution in [-0.4, -0.2) is 11.0 Å². The molecule has 0 aromatic heterocycles. The Kier molecular flexibility index (Phi) is 3.19. The van der Waals surface area contributed by atoms with Crippen molar-refractivity contribution in [2.75, 3.05) is 0 Å². The Morgan fingerprint density at radius 3 is 2.22 bits per heavy atom. The Balaban J connectivity index is 2.54. The molecule has 1 aliphatic carbocycles. The smallest absolute Gasteiger partial charge is 0.265 e. The van der Waals surface area contributed by atoms with E-state index in [1.807, 2.05) is 13.8 Å². The van der Waals surface area contributed by atoms with Gasteiger partial charge < -0.3 is 5.11 Å². The first-order valence-electron chi connectivity index (χ1n) is 5.52. The third kappa shape index (κ3) is 2.40. The molecule has 1 nitrogen and oxygen atoms in total. The molecule has 2 rings (SSSR count). The predicted octanol–water partition coefficient (Wildman–Crippen LogP) is 4.19. The van der Waals surface area contributed by atoms with E-state index in [0.29, 0.717) is 5.56 Å². The summed E-state index contributed by atoms with van der Waals surface area (Å²) in [5.74, 6) is -2.97. The maximum absolute atomic E-state index is 14.3. The molecular formula is C14H13BrF2O. The van der Waals surface area contributed by atoms with E-state index in [4.69, 9.17) is 0 Å². The largest absolute Gasteiger partial charge is 0.354 e. The van der Waals surface area contributed by atoms with Crippen LogP contribution in [0.5, 0.6) is 0 Å². The molecule has 0 aliphatic heterocycles. The molecule has 18 heavy (non-hydrogen) atoms. The maximum atomic E-state index is 14.3. The van der Waals surface area contributed by atoms with Gasteiger partial charge in [0.1, 0.15) is 5.82 Å². The topological polar surface area (TPSA) is 20.2 Å². The van der Waals surface area contributed by atoms with E-state index in [2.05, 4.69) is 15.9 Å². The van der Waals surface area contributed by atoms with Gasteiger partial charge in [0.2, 0.25) is 0 Å². The molecule has 1 N–H and O–H groups in total. The molecule has 0 saturated heterocycles. The summed E-state index contributed by atoms with van der Waals surface area (Å²) in [6.45, 7) is 3.79. The van der Waals surface area contributed by atoms with Crippen LogP contribution in [0.25, 0.3) is 5.57 Å². The number of hydrogen-bond acceptors (Lipinski definition) is 1. The van der Waals surface area contributed by atoms with Gasteiger partial charge in [-0.1, -0.05) is 38.1 Å². The Labute approximate surface area is 113 Å². The minimum absolute atomic E-state index is 0.0711. The van der Waals surface area contributed by atoms with Crippen LogP contribution in [0, 0.1) is 11.2 Å². The first-order chi connectivity index (χ1) is 8.22. The number of allylic oxidation sites excluding steroid dienone is 2. The summed E-state index contributed by atoms with van der Waals surface area (Å²) in [5, 5.41) is 9.91. The van der Waals surface area contributed by atoms with E-state index in [1.165, 1.54) is 24.3 Å². The predicted molar refractivity (Wildman–Crippen MR) is 71.2 cm³/mol. The van der Waals surface area contributed by atoms with Crippen LogP contribution in [0.15, 0.2) is 40.9 Å². The van der Waals surface area contributed by atoms with Crippen molar-refractivity contribution in [2.45, 2.75) is 19.7 Å². The van der Waals surface area contributed by atoms with Crippen molar-refractivity contribution in [3.05, 3.63) is 52.3 Å². The second-order valence-electron chi connectivity index (χ2n) is 5.00. The van der Waals surface area contributed by atoms with Crippen molar-refractivity contribution >= 4 is 21.5 Å². The van der Waals surface area contributed by atoms with Crippen molar-refractivity contribution in [2.24, 2.45) is 5.41 Å². The van der Waals surface area contributed by atoms with Gasteiger partial charge in [-0.05, 0) is 33.6 Å². The van der Waals surface area contributed by atoms with Crippen LogP contribution < -0.4 is 0 Å². The van der Waals surface area contributed by atoms with Crippen molar-refractivity contribution in [3.63, 3.8) is 0 Å². The van der Waals surface area contributed by atoms with Gasteiger partial charge in [0.25, 0.3) is 5.85 Å². The number of rotatable bonds is 1. The fourth-order valence-electron chi connectivity index (χ4n) is 1.96. The molecule has 0 saturated carbocycles. The summed E-state index contributed by atoms with van der Waals surface area (Å²) in [5.41, 5.74) is 0.197. The van der Waals surface area contributed by atoms with Gasteiger partial charge in [0.15, 0.2) is 0 Å². The molecule has 1 atom stereocenters. The van der Waals surface area contributed by atoms with E-state index in [-0.39, 0.29) is 15.5 Å². The lowest BCUT2D eigenvalue weighted by atomic mass is 9.81. The Morgan fingerprint density at radius 1 is 1.11 bits per heavy atom. The molecule has 96 valence electrons. The number of aliphatic hydroxyl groups is 1. The molecule has 0 heterocycles. The van der Waals surface area contributed by atoms with Crippen LogP contribution >= 0.6 is 15.9 Å². The molecule has 0 amide bonds. The van der Waals surface area contributed by atoms with Gasteiger partial charge in [-0.15, -0.1) is 0 Å². The van der Waals surface area contributed by atoms with Crippen LogP contribution in [0.2, 0.25) is 0 Å². The zero-order valence-electron chi connectivity index (χ0n) is 10.0. The molecule has 1 aromatic rings. The van der Waals surface area contributed by atoms with Gasteiger partial charge in [0, 0.05) is 11.0 Å². The monoisotopic (exact) mass is 314 g/mol. The molecule has 0 bridgehead atoms. The quantitative estimate of drug-likeness (QED) is 0.824. The van der Waals surface area contributed by atoms with E-state index >= 15 is 0 Å². The highest BCUT2D eigenvalue weighted by Crippen LogP contribution is 2.45. The summed E-state index contributed by atoms with van der Waals surface area (Å²) in [6.07, 6.45) is 3.25. The van der Waals surface area contributed by atoms with Crippen molar-refractivity contribution in [1.29, 1.82) is 0 Å². The molecule has 4 heteroatoms. The fourth-order valence-corrected chi connectivity index (χ4v) is 2.77. The highest BCUT2D eigenvalue weighted by Gasteiger charge is 2.41. The highest BCUT2D eigenvalue weighted by atomic mass is 79.9. The van der Waals surface area contributed by atoms with E-state index in [0.717, 1.165) is 0 Å². The number of halogens is 3. The van der Waals surface area contributed by atoms with Crippen molar-refractivity contribution in [3.8, 4) is 0 Å².